The molecule has 0 bridgehead atoms. The van der Waals surface area contributed by atoms with Gasteiger partial charge in [-0.1, -0.05) is 55.8 Å². The van der Waals surface area contributed by atoms with Crippen LogP contribution in [-0.2, 0) is 33.6 Å². The number of nitro benzene ring substituents is 1. The maximum atomic E-state index is 14.3. The molecule has 3 aromatic rings. The molecule has 202 valence electrons. The minimum absolute atomic E-state index is 0.131. The molecule has 2 saturated heterocycles. The second kappa shape index (κ2) is 10.2. The first-order valence-electron chi connectivity index (χ1n) is 12.6. The van der Waals surface area contributed by atoms with Gasteiger partial charge in [0.15, 0.2) is 0 Å². The summed E-state index contributed by atoms with van der Waals surface area (Å²) in [5.74, 6) is -4.48. The van der Waals surface area contributed by atoms with Crippen LogP contribution in [0.25, 0.3) is 0 Å². The molecule has 2 aliphatic rings. The molecule has 2 N–H and O–H groups in total. The third-order valence-electron chi connectivity index (χ3n) is 7.76. The number of para-hydroxylation sites is 1. The van der Waals surface area contributed by atoms with Crippen molar-refractivity contribution in [1.82, 2.24) is 5.32 Å². The molecule has 11 heteroatoms. The van der Waals surface area contributed by atoms with Gasteiger partial charge in [-0.25, -0.2) is 4.90 Å². The van der Waals surface area contributed by atoms with Crippen LogP contribution in [0.3, 0.4) is 0 Å². The Bertz CT molecular complexity index is 1470. The summed E-state index contributed by atoms with van der Waals surface area (Å²) >= 11 is 7.44. The van der Waals surface area contributed by atoms with Gasteiger partial charge in [0.1, 0.15) is 5.54 Å². The van der Waals surface area contributed by atoms with Crippen molar-refractivity contribution < 1.29 is 24.4 Å². The SMILES string of the molecule is CCc1cccc(CC)c1N1C(=O)C2C(c3ccc(Cl)s3)NC(Cc3ccc([N+](=O)[O-])cc3)(C(=O)O)C2C1=O. The van der Waals surface area contributed by atoms with Crippen LogP contribution in [0.2, 0.25) is 4.34 Å². The van der Waals surface area contributed by atoms with E-state index in [1.54, 1.807) is 12.1 Å². The van der Waals surface area contributed by atoms with E-state index in [1.165, 1.54) is 40.5 Å². The number of rotatable bonds is 8. The topological polar surface area (TPSA) is 130 Å². The predicted octanol–water partition coefficient (Wildman–Crippen LogP) is 4.95. The van der Waals surface area contributed by atoms with Crippen molar-refractivity contribution in [2.75, 3.05) is 4.90 Å². The van der Waals surface area contributed by atoms with Crippen molar-refractivity contribution in [3.63, 3.8) is 0 Å². The first-order chi connectivity index (χ1) is 18.6. The number of amides is 2. The van der Waals surface area contributed by atoms with Crippen LogP contribution < -0.4 is 10.2 Å². The van der Waals surface area contributed by atoms with Crippen LogP contribution in [0, 0.1) is 22.0 Å². The number of hydrogen-bond donors (Lipinski definition) is 2. The standard InChI is InChI=1S/C28H26ClN3O6S/c1-3-16-6-5-7-17(4-2)24(16)31-25(33)21-22(26(31)34)28(27(35)36,30-23(21)19-12-13-20(29)39-19)14-15-8-10-18(11-9-15)32(37)38/h5-13,21-23,30H,3-4,14H2,1-2H3,(H,35,36). The van der Waals surface area contributed by atoms with Gasteiger partial charge in [-0.3, -0.25) is 29.8 Å². The average molecular weight is 568 g/mol. The summed E-state index contributed by atoms with van der Waals surface area (Å²) in [6.45, 7) is 3.89. The average Bonchev–Trinajstić information content (AvgIpc) is 3.57. The van der Waals surface area contributed by atoms with E-state index in [0.717, 1.165) is 11.1 Å². The molecule has 2 fully saturated rings. The number of nitro groups is 1. The molecule has 3 heterocycles. The van der Waals surface area contributed by atoms with Gasteiger partial charge in [-0.2, -0.15) is 0 Å². The number of thiophene rings is 1. The van der Waals surface area contributed by atoms with E-state index in [0.29, 0.717) is 33.3 Å². The van der Waals surface area contributed by atoms with Crippen molar-refractivity contribution in [2.45, 2.75) is 44.7 Å². The smallest absolute Gasteiger partial charge is 0.325 e. The number of nitrogens with one attached hydrogen (secondary N) is 1. The van der Waals surface area contributed by atoms with E-state index < -0.39 is 46.1 Å². The zero-order valence-electron chi connectivity index (χ0n) is 21.2. The van der Waals surface area contributed by atoms with Crippen LogP contribution in [-0.4, -0.2) is 33.4 Å². The molecule has 2 aliphatic heterocycles. The zero-order valence-corrected chi connectivity index (χ0v) is 22.8. The maximum Gasteiger partial charge on any atom is 0.325 e. The second-order valence-electron chi connectivity index (χ2n) is 9.79. The Labute approximate surface area is 233 Å². The number of hydrogen-bond acceptors (Lipinski definition) is 7. The maximum absolute atomic E-state index is 14.3. The summed E-state index contributed by atoms with van der Waals surface area (Å²) < 4.78 is 0.477. The highest BCUT2D eigenvalue weighted by Gasteiger charge is 2.69. The van der Waals surface area contributed by atoms with E-state index in [-0.39, 0.29) is 12.1 Å². The lowest BCUT2D eigenvalue weighted by Gasteiger charge is -2.32. The zero-order chi connectivity index (χ0) is 28.1. The lowest BCUT2D eigenvalue weighted by molar-refractivity contribution is -0.384. The Kier molecular flexibility index (Phi) is 7.04. The van der Waals surface area contributed by atoms with E-state index >= 15 is 0 Å². The van der Waals surface area contributed by atoms with Gasteiger partial charge in [-0.05, 0) is 41.7 Å². The lowest BCUT2D eigenvalue weighted by Crippen LogP contribution is -2.57. The van der Waals surface area contributed by atoms with Crippen molar-refractivity contribution in [1.29, 1.82) is 0 Å². The lowest BCUT2D eigenvalue weighted by atomic mass is 9.76. The number of fused-ring (bicyclic) bond motifs is 1. The van der Waals surface area contributed by atoms with Gasteiger partial charge in [0.05, 0.1) is 32.8 Å². The van der Waals surface area contributed by atoms with Crippen molar-refractivity contribution in [2.24, 2.45) is 11.8 Å². The first kappa shape index (κ1) is 27.0. The van der Waals surface area contributed by atoms with Crippen molar-refractivity contribution >= 4 is 52.1 Å². The van der Waals surface area contributed by atoms with E-state index in [2.05, 4.69) is 5.32 Å². The molecule has 2 amide bonds. The summed E-state index contributed by atoms with van der Waals surface area (Å²) in [6, 6.07) is 13.9. The number of imide groups is 1. The Morgan fingerprint density at radius 1 is 1.08 bits per heavy atom. The van der Waals surface area contributed by atoms with Gasteiger partial charge in [0.2, 0.25) is 11.8 Å². The molecule has 5 rings (SSSR count). The fourth-order valence-electron chi connectivity index (χ4n) is 5.96. The molecule has 0 saturated carbocycles. The van der Waals surface area contributed by atoms with Crippen LogP contribution >= 0.6 is 22.9 Å². The minimum atomic E-state index is -1.84. The van der Waals surface area contributed by atoms with Gasteiger partial charge in [0, 0.05) is 23.4 Å². The number of carbonyl (C=O) groups is 3. The molecule has 9 nitrogen and oxygen atoms in total. The van der Waals surface area contributed by atoms with Gasteiger partial charge in [0.25, 0.3) is 5.69 Å². The van der Waals surface area contributed by atoms with Crippen molar-refractivity contribution in [3.8, 4) is 0 Å². The number of carbonyl (C=O) groups excluding carboxylic acids is 2. The number of aliphatic carboxylic acids is 1. The Hall–Kier alpha value is -3.60. The fourth-order valence-corrected chi connectivity index (χ4v) is 7.12. The summed E-state index contributed by atoms with van der Waals surface area (Å²) in [5.41, 5.74) is 0.710. The van der Waals surface area contributed by atoms with Gasteiger partial charge >= 0.3 is 5.97 Å². The predicted molar refractivity (Wildman–Crippen MR) is 147 cm³/mol. The number of carboxylic acid groups (broad SMARTS) is 1. The molecular formula is C28H26ClN3O6S. The highest BCUT2D eigenvalue weighted by atomic mass is 35.5. The molecule has 2 aromatic carbocycles. The Balaban J connectivity index is 1.67. The van der Waals surface area contributed by atoms with Gasteiger partial charge in [-0.15, -0.1) is 11.3 Å². The largest absolute Gasteiger partial charge is 0.480 e. The van der Waals surface area contributed by atoms with Crippen LogP contribution in [0.5, 0.6) is 0 Å². The summed E-state index contributed by atoms with van der Waals surface area (Å²) in [7, 11) is 0. The number of non-ortho nitro benzene ring substituents is 1. The molecule has 0 aliphatic carbocycles. The van der Waals surface area contributed by atoms with Crippen LogP contribution in [0.4, 0.5) is 11.4 Å². The number of carboxylic acids is 1. The van der Waals surface area contributed by atoms with Crippen molar-refractivity contribution in [3.05, 3.63) is 90.6 Å². The number of aryl methyl sites for hydroxylation is 2. The summed E-state index contributed by atoms with van der Waals surface area (Å²) in [4.78, 5) is 54.0. The molecule has 0 spiro atoms. The number of nitrogens with zero attached hydrogens (tertiary/aromatic N) is 2. The normalized spacial score (nSPS) is 24.3. The minimum Gasteiger partial charge on any atom is -0.480 e. The molecule has 4 unspecified atom stereocenters. The highest BCUT2D eigenvalue weighted by Crippen LogP contribution is 2.52. The molecule has 39 heavy (non-hydrogen) atoms. The second-order valence-corrected chi connectivity index (χ2v) is 11.5. The third-order valence-corrected chi connectivity index (χ3v) is 9.07. The number of anilines is 1. The summed E-state index contributed by atoms with van der Waals surface area (Å²) in [6.07, 6.45) is 1.02. The molecule has 1 aromatic heterocycles. The van der Waals surface area contributed by atoms with Crippen LogP contribution in [0.1, 0.15) is 41.5 Å². The first-order valence-corrected chi connectivity index (χ1v) is 13.8. The monoisotopic (exact) mass is 567 g/mol. The Morgan fingerprint density at radius 3 is 2.23 bits per heavy atom. The van der Waals surface area contributed by atoms with Crippen LogP contribution in [0.15, 0.2) is 54.6 Å². The van der Waals surface area contributed by atoms with E-state index in [1.807, 2.05) is 32.0 Å². The highest BCUT2D eigenvalue weighted by molar-refractivity contribution is 7.16. The quantitative estimate of drug-likeness (QED) is 0.224. The number of halogens is 1. The third kappa shape index (κ3) is 4.32. The number of benzene rings is 2. The molecule has 4 atom stereocenters. The van der Waals surface area contributed by atoms with E-state index in [4.69, 9.17) is 11.6 Å². The van der Waals surface area contributed by atoms with E-state index in [9.17, 15) is 29.6 Å². The molecular weight excluding hydrogens is 542 g/mol. The van der Waals surface area contributed by atoms with Gasteiger partial charge < -0.3 is 5.11 Å². The molecule has 0 radical (unpaired) electrons. The fraction of sp³-hybridized carbons (Fsp3) is 0.321. The Morgan fingerprint density at radius 2 is 1.72 bits per heavy atom. The summed E-state index contributed by atoms with van der Waals surface area (Å²) in [5, 5.41) is 25.0.